The lowest BCUT2D eigenvalue weighted by Crippen LogP contribution is -2.40. The number of piperidine rings is 1. The van der Waals surface area contributed by atoms with E-state index in [1.54, 1.807) is 12.4 Å². The van der Waals surface area contributed by atoms with Crippen LogP contribution in [-0.2, 0) is 6.54 Å². The molecule has 2 aromatic heterocycles. The SMILES string of the molecule is O=c1c2ncccc2cnn1C[C@@H]1CCCCN1. The van der Waals surface area contributed by atoms with Crippen LogP contribution in [0.4, 0.5) is 0 Å². The number of nitrogens with one attached hydrogen (secondary N) is 1. The van der Waals surface area contributed by atoms with Crippen LogP contribution in [0.1, 0.15) is 19.3 Å². The van der Waals surface area contributed by atoms with Crippen LogP contribution in [0.5, 0.6) is 0 Å². The molecule has 0 spiro atoms. The quantitative estimate of drug-likeness (QED) is 0.854. The Labute approximate surface area is 105 Å². The molecule has 1 atom stereocenters. The highest BCUT2D eigenvalue weighted by atomic mass is 16.1. The van der Waals surface area contributed by atoms with E-state index < -0.39 is 0 Å². The molecule has 0 unspecified atom stereocenters. The van der Waals surface area contributed by atoms with E-state index in [0.717, 1.165) is 18.4 Å². The van der Waals surface area contributed by atoms with Crippen molar-refractivity contribution in [1.29, 1.82) is 0 Å². The lowest BCUT2D eigenvalue weighted by Gasteiger charge is -2.23. The first kappa shape index (κ1) is 11.3. The zero-order valence-electron chi connectivity index (χ0n) is 10.2. The maximum Gasteiger partial charge on any atom is 0.293 e. The van der Waals surface area contributed by atoms with Crippen LogP contribution >= 0.6 is 0 Å². The van der Waals surface area contributed by atoms with Crippen molar-refractivity contribution >= 4 is 10.9 Å². The van der Waals surface area contributed by atoms with Crippen molar-refractivity contribution < 1.29 is 0 Å². The fourth-order valence-corrected chi connectivity index (χ4v) is 2.43. The van der Waals surface area contributed by atoms with Crippen molar-refractivity contribution in [2.45, 2.75) is 31.8 Å². The topological polar surface area (TPSA) is 59.8 Å². The number of hydrogen-bond donors (Lipinski definition) is 1. The van der Waals surface area contributed by atoms with Gasteiger partial charge in [-0.05, 0) is 31.5 Å². The summed E-state index contributed by atoms with van der Waals surface area (Å²) < 4.78 is 1.53. The van der Waals surface area contributed by atoms with Gasteiger partial charge in [0, 0.05) is 17.6 Å². The number of nitrogens with zero attached hydrogens (tertiary/aromatic N) is 3. The van der Waals surface area contributed by atoms with Gasteiger partial charge in [0.2, 0.25) is 0 Å². The van der Waals surface area contributed by atoms with Gasteiger partial charge in [-0.15, -0.1) is 0 Å². The number of rotatable bonds is 2. The van der Waals surface area contributed by atoms with Crippen LogP contribution in [0.15, 0.2) is 29.3 Å². The molecule has 0 bridgehead atoms. The van der Waals surface area contributed by atoms with Gasteiger partial charge in [-0.25, -0.2) is 4.68 Å². The molecule has 1 fully saturated rings. The van der Waals surface area contributed by atoms with Gasteiger partial charge < -0.3 is 5.32 Å². The number of fused-ring (bicyclic) bond motifs is 1. The molecule has 5 nitrogen and oxygen atoms in total. The van der Waals surface area contributed by atoms with Crippen LogP contribution in [0.3, 0.4) is 0 Å². The van der Waals surface area contributed by atoms with Crippen molar-refractivity contribution in [2.75, 3.05) is 6.54 Å². The second kappa shape index (κ2) is 4.86. The van der Waals surface area contributed by atoms with Gasteiger partial charge in [0.05, 0.1) is 12.7 Å². The van der Waals surface area contributed by atoms with Crippen molar-refractivity contribution in [3.63, 3.8) is 0 Å². The molecule has 2 aromatic rings. The van der Waals surface area contributed by atoms with Gasteiger partial charge in [0.1, 0.15) is 5.52 Å². The lowest BCUT2D eigenvalue weighted by molar-refractivity contribution is 0.346. The Balaban J connectivity index is 1.92. The van der Waals surface area contributed by atoms with Gasteiger partial charge in [-0.3, -0.25) is 9.78 Å². The molecular formula is C13H16N4O. The Morgan fingerprint density at radius 3 is 3.22 bits per heavy atom. The van der Waals surface area contributed by atoms with Crippen LogP contribution in [-0.4, -0.2) is 27.4 Å². The monoisotopic (exact) mass is 244 g/mol. The van der Waals surface area contributed by atoms with Crippen molar-refractivity contribution in [1.82, 2.24) is 20.1 Å². The van der Waals surface area contributed by atoms with E-state index in [1.165, 1.54) is 17.5 Å². The fraction of sp³-hybridized carbons (Fsp3) is 0.462. The standard InChI is InChI=1S/C13H16N4O/c18-13-12-10(4-3-7-15-12)8-16-17(13)9-11-5-1-2-6-14-11/h3-4,7-8,11,14H,1-2,5-6,9H2/t11-/m0/s1. The summed E-state index contributed by atoms with van der Waals surface area (Å²) in [7, 11) is 0. The Kier molecular flexibility index (Phi) is 3.06. The van der Waals surface area contributed by atoms with Gasteiger partial charge in [-0.2, -0.15) is 5.10 Å². The van der Waals surface area contributed by atoms with Crippen molar-refractivity contribution in [3.8, 4) is 0 Å². The van der Waals surface area contributed by atoms with E-state index in [-0.39, 0.29) is 5.56 Å². The molecule has 0 saturated carbocycles. The minimum Gasteiger partial charge on any atom is -0.312 e. The van der Waals surface area contributed by atoms with E-state index in [2.05, 4.69) is 15.4 Å². The predicted octanol–water partition coefficient (Wildman–Crippen LogP) is 0.934. The van der Waals surface area contributed by atoms with E-state index in [9.17, 15) is 4.79 Å². The van der Waals surface area contributed by atoms with Gasteiger partial charge in [-0.1, -0.05) is 6.42 Å². The van der Waals surface area contributed by atoms with Gasteiger partial charge >= 0.3 is 0 Å². The van der Waals surface area contributed by atoms with Crippen molar-refractivity contribution in [3.05, 3.63) is 34.9 Å². The maximum atomic E-state index is 12.2. The van der Waals surface area contributed by atoms with Gasteiger partial charge in [0.25, 0.3) is 5.56 Å². The molecule has 0 aromatic carbocycles. The highest BCUT2D eigenvalue weighted by Crippen LogP contribution is 2.09. The Morgan fingerprint density at radius 1 is 1.44 bits per heavy atom. The van der Waals surface area contributed by atoms with E-state index in [4.69, 9.17) is 0 Å². The molecule has 18 heavy (non-hydrogen) atoms. The number of hydrogen-bond acceptors (Lipinski definition) is 4. The Morgan fingerprint density at radius 2 is 2.39 bits per heavy atom. The molecule has 3 heterocycles. The van der Waals surface area contributed by atoms with E-state index in [1.807, 2.05) is 12.1 Å². The van der Waals surface area contributed by atoms with Crippen LogP contribution in [0.25, 0.3) is 10.9 Å². The summed E-state index contributed by atoms with van der Waals surface area (Å²) in [5.41, 5.74) is 0.406. The fourth-order valence-electron chi connectivity index (χ4n) is 2.43. The Bertz CT molecular complexity index is 601. The summed E-state index contributed by atoms with van der Waals surface area (Å²) in [6, 6.07) is 4.03. The highest BCUT2D eigenvalue weighted by molar-refractivity contribution is 5.75. The minimum absolute atomic E-state index is 0.0968. The average molecular weight is 244 g/mol. The summed E-state index contributed by atoms with van der Waals surface area (Å²) in [5, 5.41) is 8.45. The summed E-state index contributed by atoms with van der Waals surface area (Å²) in [6.45, 7) is 1.66. The summed E-state index contributed by atoms with van der Waals surface area (Å²) >= 11 is 0. The molecule has 1 N–H and O–H groups in total. The minimum atomic E-state index is -0.0968. The molecule has 5 heteroatoms. The molecule has 1 aliphatic heterocycles. The van der Waals surface area contributed by atoms with Crippen molar-refractivity contribution in [2.24, 2.45) is 0 Å². The maximum absolute atomic E-state index is 12.2. The second-order valence-corrected chi connectivity index (χ2v) is 4.72. The summed E-state index contributed by atoms with van der Waals surface area (Å²) in [4.78, 5) is 16.4. The zero-order chi connectivity index (χ0) is 12.4. The average Bonchev–Trinajstić information content (AvgIpc) is 2.43. The third-order valence-corrected chi connectivity index (χ3v) is 3.42. The number of aromatic nitrogens is 3. The normalized spacial score (nSPS) is 20.1. The highest BCUT2D eigenvalue weighted by Gasteiger charge is 2.15. The third kappa shape index (κ3) is 2.13. The third-order valence-electron chi connectivity index (χ3n) is 3.42. The molecule has 1 saturated heterocycles. The Hall–Kier alpha value is -1.75. The molecule has 3 rings (SSSR count). The lowest BCUT2D eigenvalue weighted by atomic mass is 10.1. The molecule has 0 radical (unpaired) electrons. The predicted molar refractivity (Wildman–Crippen MR) is 69.4 cm³/mol. The summed E-state index contributed by atoms with van der Waals surface area (Å²) in [5.74, 6) is 0. The molecule has 1 aliphatic rings. The first-order valence-electron chi connectivity index (χ1n) is 6.39. The van der Waals surface area contributed by atoms with E-state index >= 15 is 0 Å². The molecule has 0 aliphatic carbocycles. The second-order valence-electron chi connectivity index (χ2n) is 4.72. The van der Waals surface area contributed by atoms with Crippen LogP contribution < -0.4 is 10.9 Å². The smallest absolute Gasteiger partial charge is 0.293 e. The summed E-state index contributed by atoms with van der Waals surface area (Å²) in [6.07, 6.45) is 6.91. The molecule has 94 valence electrons. The van der Waals surface area contributed by atoms with Crippen LogP contribution in [0, 0.1) is 0 Å². The number of pyridine rings is 1. The first-order valence-corrected chi connectivity index (χ1v) is 6.39. The molecule has 0 amide bonds. The van der Waals surface area contributed by atoms with Crippen LogP contribution in [0.2, 0.25) is 0 Å². The molecular weight excluding hydrogens is 228 g/mol. The largest absolute Gasteiger partial charge is 0.312 e. The van der Waals surface area contributed by atoms with Gasteiger partial charge in [0.15, 0.2) is 0 Å². The first-order chi connectivity index (χ1) is 8.84. The van der Waals surface area contributed by atoms with E-state index in [0.29, 0.717) is 18.1 Å². The zero-order valence-corrected chi connectivity index (χ0v) is 10.2.